The first kappa shape index (κ1) is 17.6. The molecule has 0 bridgehead atoms. The molecule has 7 heteroatoms. The molecular formula is C22H20N2O5. The fraction of sp³-hybridized carbons (Fsp3) is 0.273. The molecule has 0 saturated heterocycles. The van der Waals surface area contributed by atoms with Crippen LogP contribution in [0.5, 0.6) is 17.2 Å². The molecule has 1 unspecified atom stereocenters. The highest BCUT2D eigenvalue weighted by Gasteiger charge is 2.20. The topological polar surface area (TPSA) is 82.8 Å². The van der Waals surface area contributed by atoms with Gasteiger partial charge >= 0.3 is 0 Å². The molecule has 7 nitrogen and oxygen atoms in total. The first-order valence-corrected chi connectivity index (χ1v) is 9.55. The molecule has 2 aromatic carbocycles. The summed E-state index contributed by atoms with van der Waals surface area (Å²) in [6.07, 6.45) is 1.23. The highest BCUT2D eigenvalue weighted by atomic mass is 16.7. The Hall–Kier alpha value is -3.48. The number of aromatic nitrogens is 1. The number of ether oxygens (including phenoxy) is 3. The van der Waals surface area contributed by atoms with Crippen LogP contribution in [0.1, 0.15) is 23.7 Å². The smallest absolute Gasteiger partial charge is 0.231 e. The van der Waals surface area contributed by atoms with E-state index in [-0.39, 0.29) is 25.2 Å². The fourth-order valence-corrected chi connectivity index (χ4v) is 3.59. The van der Waals surface area contributed by atoms with E-state index in [1.165, 1.54) is 0 Å². The zero-order valence-electron chi connectivity index (χ0n) is 15.9. The van der Waals surface area contributed by atoms with Crippen molar-refractivity contribution >= 4 is 5.91 Å². The Bertz CT molecular complexity index is 1070. The lowest BCUT2D eigenvalue weighted by Gasteiger charge is -2.05. The summed E-state index contributed by atoms with van der Waals surface area (Å²) in [7, 11) is 0. The average Bonchev–Trinajstić information content (AvgIpc) is 3.44. The van der Waals surface area contributed by atoms with Crippen LogP contribution in [0.2, 0.25) is 0 Å². The lowest BCUT2D eigenvalue weighted by atomic mass is 10.1. The van der Waals surface area contributed by atoms with Crippen molar-refractivity contribution in [1.82, 2.24) is 10.5 Å². The van der Waals surface area contributed by atoms with Crippen molar-refractivity contribution < 1.29 is 23.5 Å². The second-order valence-electron chi connectivity index (χ2n) is 7.28. The Morgan fingerprint density at radius 2 is 1.97 bits per heavy atom. The maximum atomic E-state index is 12.3. The van der Waals surface area contributed by atoms with Gasteiger partial charge in [-0.05, 0) is 48.4 Å². The molecular weight excluding hydrogens is 372 g/mol. The van der Waals surface area contributed by atoms with Gasteiger partial charge in [-0.15, -0.1) is 0 Å². The van der Waals surface area contributed by atoms with E-state index in [1.807, 2.05) is 30.3 Å². The quantitative estimate of drug-likeness (QED) is 0.718. The third-order valence-corrected chi connectivity index (χ3v) is 5.01. The Balaban J connectivity index is 1.20. The van der Waals surface area contributed by atoms with Gasteiger partial charge in [0.1, 0.15) is 11.9 Å². The zero-order valence-corrected chi connectivity index (χ0v) is 15.9. The molecule has 5 rings (SSSR count). The van der Waals surface area contributed by atoms with Crippen LogP contribution in [0.3, 0.4) is 0 Å². The van der Waals surface area contributed by atoms with Gasteiger partial charge in [0.05, 0.1) is 12.1 Å². The van der Waals surface area contributed by atoms with E-state index in [4.69, 9.17) is 18.7 Å². The van der Waals surface area contributed by atoms with Gasteiger partial charge in [0.25, 0.3) is 0 Å². The Kier molecular flexibility index (Phi) is 4.35. The highest BCUT2D eigenvalue weighted by Crippen LogP contribution is 2.33. The van der Waals surface area contributed by atoms with E-state index in [0.29, 0.717) is 23.7 Å². The van der Waals surface area contributed by atoms with Gasteiger partial charge < -0.3 is 24.1 Å². The minimum atomic E-state index is -0.126. The van der Waals surface area contributed by atoms with E-state index >= 15 is 0 Å². The number of fused-ring (bicyclic) bond motifs is 2. The van der Waals surface area contributed by atoms with Gasteiger partial charge in [0.2, 0.25) is 12.7 Å². The van der Waals surface area contributed by atoms with Crippen LogP contribution >= 0.6 is 0 Å². The van der Waals surface area contributed by atoms with Crippen molar-refractivity contribution in [3.05, 3.63) is 59.3 Å². The predicted molar refractivity (Wildman–Crippen MR) is 104 cm³/mol. The highest BCUT2D eigenvalue weighted by molar-refractivity contribution is 5.78. The molecule has 0 aliphatic carbocycles. The third kappa shape index (κ3) is 3.63. The first-order valence-electron chi connectivity index (χ1n) is 9.55. The van der Waals surface area contributed by atoms with E-state index in [0.717, 1.165) is 34.6 Å². The minimum absolute atomic E-state index is 0.126. The first-order chi connectivity index (χ1) is 14.1. The number of benzene rings is 2. The number of hydrogen-bond donors (Lipinski definition) is 1. The summed E-state index contributed by atoms with van der Waals surface area (Å²) in [4.78, 5) is 12.3. The Labute approximate surface area is 167 Å². The zero-order chi connectivity index (χ0) is 19.8. The molecule has 0 fully saturated rings. The molecule has 0 radical (unpaired) electrons. The second kappa shape index (κ2) is 7.16. The van der Waals surface area contributed by atoms with Crippen LogP contribution in [0.15, 0.2) is 47.0 Å². The number of nitrogens with one attached hydrogen (secondary N) is 1. The van der Waals surface area contributed by atoms with E-state index in [9.17, 15) is 4.79 Å². The Morgan fingerprint density at radius 1 is 1.10 bits per heavy atom. The van der Waals surface area contributed by atoms with Crippen LogP contribution in [-0.2, 0) is 24.2 Å². The maximum Gasteiger partial charge on any atom is 0.231 e. The van der Waals surface area contributed by atoms with Gasteiger partial charge in [0.15, 0.2) is 17.3 Å². The molecule has 3 aromatic rings. The number of carbonyl (C=O) groups excluding carboxylic acids is 1. The third-order valence-electron chi connectivity index (χ3n) is 5.01. The van der Waals surface area contributed by atoms with Crippen molar-refractivity contribution in [2.75, 3.05) is 6.79 Å². The second-order valence-corrected chi connectivity index (χ2v) is 7.28. The molecule has 3 heterocycles. The lowest BCUT2D eigenvalue weighted by Crippen LogP contribution is -2.24. The summed E-state index contributed by atoms with van der Waals surface area (Å²) >= 11 is 0. The number of nitrogens with zero attached hydrogens (tertiary/aromatic N) is 1. The summed E-state index contributed by atoms with van der Waals surface area (Å²) in [5.41, 5.74) is 3.63. The normalized spacial score (nSPS) is 16.4. The summed E-state index contributed by atoms with van der Waals surface area (Å²) in [6, 6.07) is 13.4. The molecule has 0 spiro atoms. The van der Waals surface area contributed by atoms with Crippen LogP contribution in [0.4, 0.5) is 0 Å². The SMILES string of the molecule is CC1Cc2cc(-c3cc(CC(=O)NCc4ccc5c(c4)OCO5)no3)ccc2O1. The van der Waals surface area contributed by atoms with Crippen molar-refractivity contribution in [2.45, 2.75) is 32.4 Å². The maximum absolute atomic E-state index is 12.3. The number of hydrogen-bond acceptors (Lipinski definition) is 6. The van der Waals surface area contributed by atoms with Gasteiger partial charge in [-0.1, -0.05) is 11.2 Å². The monoisotopic (exact) mass is 392 g/mol. The molecule has 1 N–H and O–H groups in total. The minimum Gasteiger partial charge on any atom is -0.490 e. The van der Waals surface area contributed by atoms with Gasteiger partial charge in [-0.2, -0.15) is 0 Å². The van der Waals surface area contributed by atoms with Crippen molar-refractivity contribution in [3.8, 4) is 28.6 Å². The summed E-state index contributed by atoms with van der Waals surface area (Å²) in [5.74, 6) is 2.86. The summed E-state index contributed by atoms with van der Waals surface area (Å²) in [6.45, 7) is 2.69. The molecule has 1 aromatic heterocycles. The van der Waals surface area contributed by atoms with Crippen LogP contribution < -0.4 is 19.5 Å². The van der Waals surface area contributed by atoms with Crippen LogP contribution in [0.25, 0.3) is 11.3 Å². The summed E-state index contributed by atoms with van der Waals surface area (Å²) in [5, 5.41) is 6.93. The predicted octanol–water partition coefficient (Wildman–Crippen LogP) is 3.25. The average molecular weight is 392 g/mol. The largest absolute Gasteiger partial charge is 0.490 e. The molecule has 1 atom stereocenters. The van der Waals surface area contributed by atoms with Crippen molar-refractivity contribution in [2.24, 2.45) is 0 Å². The molecule has 2 aliphatic rings. The number of rotatable bonds is 5. The van der Waals surface area contributed by atoms with Crippen LogP contribution in [0, 0.1) is 0 Å². The van der Waals surface area contributed by atoms with Gasteiger partial charge in [-0.25, -0.2) is 0 Å². The summed E-state index contributed by atoms with van der Waals surface area (Å²) < 4.78 is 21.8. The number of amides is 1. The van der Waals surface area contributed by atoms with Gasteiger partial charge in [0, 0.05) is 24.6 Å². The van der Waals surface area contributed by atoms with Crippen molar-refractivity contribution in [3.63, 3.8) is 0 Å². The van der Waals surface area contributed by atoms with E-state index in [2.05, 4.69) is 23.5 Å². The molecule has 148 valence electrons. The lowest BCUT2D eigenvalue weighted by molar-refractivity contribution is -0.120. The van der Waals surface area contributed by atoms with E-state index < -0.39 is 0 Å². The molecule has 29 heavy (non-hydrogen) atoms. The van der Waals surface area contributed by atoms with E-state index in [1.54, 1.807) is 6.07 Å². The van der Waals surface area contributed by atoms with Crippen molar-refractivity contribution in [1.29, 1.82) is 0 Å². The standard InChI is InChI=1S/C22H20N2O5/c1-13-6-16-8-15(3-5-18(16)28-13)20-9-17(24-29-20)10-22(25)23-11-14-2-4-19-21(7-14)27-12-26-19/h2-5,7-9,13H,6,10-12H2,1H3,(H,23,25). The molecule has 2 aliphatic heterocycles. The van der Waals surface area contributed by atoms with Gasteiger partial charge in [-0.3, -0.25) is 4.79 Å². The molecule has 0 saturated carbocycles. The fourth-order valence-electron chi connectivity index (χ4n) is 3.59. The Morgan fingerprint density at radius 3 is 2.90 bits per heavy atom. The number of carbonyl (C=O) groups is 1. The molecule has 1 amide bonds. The van der Waals surface area contributed by atoms with Crippen LogP contribution in [-0.4, -0.2) is 24.0 Å².